The first-order chi connectivity index (χ1) is 9.94. The molecule has 0 saturated heterocycles. The van der Waals surface area contributed by atoms with Crippen LogP contribution in [0.4, 0.5) is 4.39 Å². The van der Waals surface area contributed by atoms with Gasteiger partial charge in [0.15, 0.2) is 0 Å². The number of sulfonamides is 1. The first-order valence-electron chi connectivity index (χ1n) is 6.40. The minimum Gasteiger partial charge on any atom is -0.392 e. The summed E-state index contributed by atoms with van der Waals surface area (Å²) in [4.78, 5) is 0.0238. The van der Waals surface area contributed by atoms with Crippen LogP contribution in [0.1, 0.15) is 24.1 Å². The summed E-state index contributed by atoms with van der Waals surface area (Å²) in [5, 5.41) is 9.23. The van der Waals surface area contributed by atoms with Crippen molar-refractivity contribution < 1.29 is 17.9 Å². The fourth-order valence-electron chi connectivity index (χ4n) is 2.04. The molecule has 2 N–H and O–H groups in total. The van der Waals surface area contributed by atoms with Gasteiger partial charge in [-0.3, -0.25) is 0 Å². The average molecular weight is 309 g/mol. The van der Waals surface area contributed by atoms with Gasteiger partial charge < -0.3 is 5.11 Å². The van der Waals surface area contributed by atoms with Crippen molar-refractivity contribution in [1.82, 2.24) is 4.72 Å². The summed E-state index contributed by atoms with van der Waals surface area (Å²) >= 11 is 0. The van der Waals surface area contributed by atoms with Crippen molar-refractivity contribution in [3.8, 4) is 0 Å². The van der Waals surface area contributed by atoms with Gasteiger partial charge in [-0.15, -0.1) is 0 Å². The third-order valence-corrected chi connectivity index (χ3v) is 4.75. The van der Waals surface area contributed by atoms with E-state index >= 15 is 0 Å². The molecule has 0 spiro atoms. The molecule has 0 bridgehead atoms. The Morgan fingerprint density at radius 3 is 2.57 bits per heavy atom. The Labute approximate surface area is 123 Å². The predicted molar refractivity (Wildman–Crippen MR) is 77.5 cm³/mol. The van der Waals surface area contributed by atoms with Crippen LogP contribution < -0.4 is 4.72 Å². The van der Waals surface area contributed by atoms with Crippen molar-refractivity contribution in [2.75, 3.05) is 0 Å². The Hall–Kier alpha value is -1.76. The molecule has 0 heterocycles. The fourth-order valence-corrected chi connectivity index (χ4v) is 3.50. The van der Waals surface area contributed by atoms with Gasteiger partial charge in [-0.05, 0) is 36.2 Å². The summed E-state index contributed by atoms with van der Waals surface area (Å²) in [6, 6.07) is 11.4. The molecule has 112 valence electrons. The Morgan fingerprint density at radius 2 is 1.90 bits per heavy atom. The van der Waals surface area contributed by atoms with E-state index in [2.05, 4.69) is 4.72 Å². The SMILES string of the molecule is CC(NS(=O)(=O)c1ccccc1CO)c1cccc(F)c1. The van der Waals surface area contributed by atoms with Gasteiger partial charge in [0.1, 0.15) is 5.82 Å². The highest BCUT2D eigenvalue weighted by Gasteiger charge is 2.21. The van der Waals surface area contributed by atoms with Gasteiger partial charge in [0.05, 0.1) is 11.5 Å². The van der Waals surface area contributed by atoms with Gasteiger partial charge in [-0.1, -0.05) is 30.3 Å². The zero-order chi connectivity index (χ0) is 15.5. The van der Waals surface area contributed by atoms with Crippen LogP contribution in [0.15, 0.2) is 53.4 Å². The average Bonchev–Trinajstić information content (AvgIpc) is 2.46. The lowest BCUT2D eigenvalue weighted by Crippen LogP contribution is -2.27. The van der Waals surface area contributed by atoms with Gasteiger partial charge in [0, 0.05) is 6.04 Å². The molecule has 1 unspecified atom stereocenters. The Bertz CT molecular complexity index is 731. The minimum absolute atomic E-state index is 0.0238. The molecule has 0 aliphatic rings. The number of aliphatic hydroxyl groups is 1. The molecule has 0 amide bonds. The van der Waals surface area contributed by atoms with Crippen molar-refractivity contribution >= 4 is 10.0 Å². The number of nitrogens with one attached hydrogen (secondary N) is 1. The van der Waals surface area contributed by atoms with Crippen molar-refractivity contribution in [3.63, 3.8) is 0 Å². The van der Waals surface area contributed by atoms with Crippen LogP contribution >= 0.6 is 0 Å². The van der Waals surface area contributed by atoms with Crippen molar-refractivity contribution in [2.24, 2.45) is 0 Å². The third-order valence-electron chi connectivity index (χ3n) is 3.11. The molecule has 2 aromatic carbocycles. The quantitative estimate of drug-likeness (QED) is 0.891. The highest BCUT2D eigenvalue weighted by Crippen LogP contribution is 2.20. The highest BCUT2D eigenvalue weighted by atomic mass is 32.2. The van der Waals surface area contributed by atoms with Gasteiger partial charge in [-0.25, -0.2) is 17.5 Å². The molecule has 0 fully saturated rings. The smallest absolute Gasteiger partial charge is 0.241 e. The van der Waals surface area contributed by atoms with E-state index in [1.54, 1.807) is 31.2 Å². The molecule has 6 heteroatoms. The van der Waals surface area contributed by atoms with Gasteiger partial charge in [-0.2, -0.15) is 0 Å². The molecule has 2 rings (SSSR count). The zero-order valence-electron chi connectivity index (χ0n) is 11.5. The van der Waals surface area contributed by atoms with Crippen LogP contribution in [0.25, 0.3) is 0 Å². The summed E-state index contributed by atoms with van der Waals surface area (Å²) in [5.74, 6) is -0.422. The standard InChI is InChI=1S/C15H16FNO3S/c1-11(12-6-4-7-14(16)9-12)17-21(19,20)15-8-3-2-5-13(15)10-18/h2-9,11,17-18H,10H2,1H3. The number of aliphatic hydroxyl groups excluding tert-OH is 1. The second kappa shape index (κ2) is 6.34. The van der Waals surface area contributed by atoms with Crippen LogP contribution in [0.2, 0.25) is 0 Å². The van der Waals surface area contributed by atoms with Crippen LogP contribution in [-0.4, -0.2) is 13.5 Å². The number of hydrogen-bond acceptors (Lipinski definition) is 3. The molecular weight excluding hydrogens is 293 g/mol. The van der Waals surface area contributed by atoms with Crippen molar-refractivity contribution in [1.29, 1.82) is 0 Å². The largest absolute Gasteiger partial charge is 0.392 e. The van der Waals surface area contributed by atoms with Crippen molar-refractivity contribution in [2.45, 2.75) is 24.5 Å². The van der Waals surface area contributed by atoms with E-state index < -0.39 is 21.9 Å². The lowest BCUT2D eigenvalue weighted by Gasteiger charge is -2.16. The Morgan fingerprint density at radius 1 is 1.19 bits per heavy atom. The lowest BCUT2D eigenvalue weighted by molar-refractivity contribution is 0.278. The van der Waals surface area contributed by atoms with Gasteiger partial charge in [0.25, 0.3) is 0 Å². The third kappa shape index (κ3) is 3.66. The molecule has 0 aromatic heterocycles. The van der Waals surface area contributed by atoms with E-state index in [9.17, 15) is 17.9 Å². The predicted octanol–water partition coefficient (Wildman–Crippen LogP) is 2.36. The maximum absolute atomic E-state index is 13.2. The second-order valence-electron chi connectivity index (χ2n) is 4.66. The number of hydrogen-bond donors (Lipinski definition) is 2. The summed E-state index contributed by atoms with van der Waals surface area (Å²) in [6.45, 7) is 1.26. The molecule has 0 aliphatic carbocycles. The van der Waals surface area contributed by atoms with E-state index in [4.69, 9.17) is 0 Å². The van der Waals surface area contributed by atoms with E-state index in [0.29, 0.717) is 11.1 Å². The topological polar surface area (TPSA) is 66.4 Å². The molecule has 0 aliphatic heterocycles. The summed E-state index contributed by atoms with van der Waals surface area (Å²) < 4.78 is 40.4. The van der Waals surface area contributed by atoms with Gasteiger partial charge in [0.2, 0.25) is 10.0 Å². The second-order valence-corrected chi connectivity index (χ2v) is 6.35. The first-order valence-corrected chi connectivity index (χ1v) is 7.89. The zero-order valence-corrected chi connectivity index (χ0v) is 12.3. The molecule has 21 heavy (non-hydrogen) atoms. The Kier molecular flexibility index (Phi) is 4.72. The monoisotopic (exact) mass is 309 g/mol. The van der Waals surface area contributed by atoms with E-state index in [0.717, 1.165) is 0 Å². The molecule has 2 aromatic rings. The fraction of sp³-hybridized carbons (Fsp3) is 0.200. The van der Waals surface area contributed by atoms with E-state index in [1.807, 2.05) is 0 Å². The number of halogens is 1. The van der Waals surface area contributed by atoms with Crippen molar-refractivity contribution in [3.05, 3.63) is 65.5 Å². The normalized spacial score (nSPS) is 13.1. The Balaban J connectivity index is 2.29. The number of rotatable bonds is 5. The summed E-state index contributed by atoms with van der Waals surface area (Å²) in [7, 11) is -3.80. The van der Waals surface area contributed by atoms with Crippen LogP contribution in [0, 0.1) is 5.82 Å². The van der Waals surface area contributed by atoms with Gasteiger partial charge >= 0.3 is 0 Å². The molecule has 0 radical (unpaired) electrons. The van der Waals surface area contributed by atoms with E-state index in [-0.39, 0.29) is 11.5 Å². The highest BCUT2D eigenvalue weighted by molar-refractivity contribution is 7.89. The molecule has 4 nitrogen and oxygen atoms in total. The molecule has 1 atom stereocenters. The van der Waals surface area contributed by atoms with E-state index in [1.165, 1.54) is 24.3 Å². The minimum atomic E-state index is -3.80. The van der Waals surface area contributed by atoms with Crippen LogP contribution in [-0.2, 0) is 16.6 Å². The molecule has 0 saturated carbocycles. The lowest BCUT2D eigenvalue weighted by atomic mass is 10.1. The summed E-state index contributed by atoms with van der Waals surface area (Å²) in [5.41, 5.74) is 0.844. The summed E-state index contributed by atoms with van der Waals surface area (Å²) in [6.07, 6.45) is 0. The molecular formula is C15H16FNO3S. The van der Waals surface area contributed by atoms with Crippen LogP contribution in [0.3, 0.4) is 0 Å². The maximum atomic E-state index is 13.2. The first kappa shape index (κ1) is 15.6. The number of benzene rings is 2. The maximum Gasteiger partial charge on any atom is 0.241 e. The van der Waals surface area contributed by atoms with Crippen LogP contribution in [0.5, 0.6) is 0 Å².